The Bertz CT molecular complexity index is 365. The highest BCUT2D eigenvalue weighted by Gasteiger charge is 2.04. The van der Waals surface area contributed by atoms with Gasteiger partial charge in [-0.3, -0.25) is 4.79 Å². The molecule has 1 aromatic carbocycles. The highest BCUT2D eigenvalue weighted by Crippen LogP contribution is 2.18. The molecule has 0 aliphatic heterocycles. The summed E-state index contributed by atoms with van der Waals surface area (Å²) in [6.45, 7) is 4.80. The molecule has 1 aromatic rings. The van der Waals surface area contributed by atoms with Gasteiger partial charge in [0.2, 0.25) is 5.91 Å². The molecule has 0 bridgehead atoms. The summed E-state index contributed by atoms with van der Waals surface area (Å²) < 4.78 is 0. The molecule has 100 valence electrons. The first kappa shape index (κ1) is 15.1. The Balaban J connectivity index is 2.17. The van der Waals surface area contributed by atoms with Crippen molar-refractivity contribution in [3.05, 3.63) is 29.8 Å². The Morgan fingerprint density at radius 1 is 1.33 bits per heavy atom. The van der Waals surface area contributed by atoms with Crippen molar-refractivity contribution in [3.63, 3.8) is 0 Å². The number of rotatable bonds is 7. The molecule has 0 aromatic heterocycles. The summed E-state index contributed by atoms with van der Waals surface area (Å²) in [4.78, 5) is 12.8. The maximum atomic E-state index is 11.6. The maximum Gasteiger partial charge on any atom is 0.220 e. The van der Waals surface area contributed by atoms with Crippen molar-refractivity contribution in [3.8, 4) is 0 Å². The molecule has 0 saturated heterocycles. The van der Waals surface area contributed by atoms with Gasteiger partial charge in [-0.1, -0.05) is 17.7 Å². The molecule has 0 heterocycles. The van der Waals surface area contributed by atoms with Crippen LogP contribution in [0, 0.1) is 6.92 Å². The Kier molecular flexibility index (Phi) is 6.83. The predicted octanol–water partition coefficient (Wildman–Crippen LogP) is 2.20. The average Bonchev–Trinajstić information content (AvgIpc) is 2.38. The van der Waals surface area contributed by atoms with Crippen LogP contribution in [-0.4, -0.2) is 31.3 Å². The summed E-state index contributed by atoms with van der Waals surface area (Å²) in [7, 11) is 1.89. The van der Waals surface area contributed by atoms with E-state index in [1.807, 2.05) is 14.0 Å². The van der Waals surface area contributed by atoms with Gasteiger partial charge < -0.3 is 10.6 Å². The van der Waals surface area contributed by atoms with Crippen LogP contribution in [0.15, 0.2) is 29.2 Å². The van der Waals surface area contributed by atoms with Crippen LogP contribution in [0.1, 0.15) is 18.9 Å². The van der Waals surface area contributed by atoms with Crippen molar-refractivity contribution < 1.29 is 4.79 Å². The van der Waals surface area contributed by atoms with Crippen LogP contribution in [-0.2, 0) is 4.79 Å². The van der Waals surface area contributed by atoms with Gasteiger partial charge in [0, 0.05) is 29.7 Å². The second-order valence-corrected chi connectivity index (χ2v) is 5.57. The number of aryl methyl sites for hydroxylation is 1. The lowest BCUT2D eigenvalue weighted by Crippen LogP contribution is -2.37. The zero-order chi connectivity index (χ0) is 13.4. The van der Waals surface area contributed by atoms with Gasteiger partial charge in [-0.05, 0) is 33.0 Å². The van der Waals surface area contributed by atoms with Crippen molar-refractivity contribution in [1.29, 1.82) is 0 Å². The van der Waals surface area contributed by atoms with E-state index in [0.717, 1.165) is 5.75 Å². The van der Waals surface area contributed by atoms with Gasteiger partial charge in [-0.15, -0.1) is 11.8 Å². The first-order chi connectivity index (χ1) is 8.61. The van der Waals surface area contributed by atoms with E-state index in [1.54, 1.807) is 11.8 Å². The van der Waals surface area contributed by atoms with E-state index in [1.165, 1.54) is 10.5 Å². The second-order valence-electron chi connectivity index (χ2n) is 4.41. The van der Waals surface area contributed by atoms with E-state index in [-0.39, 0.29) is 5.91 Å². The fourth-order valence-corrected chi connectivity index (χ4v) is 2.21. The van der Waals surface area contributed by atoms with Crippen molar-refractivity contribution in [1.82, 2.24) is 10.6 Å². The third-order valence-electron chi connectivity index (χ3n) is 2.72. The molecule has 2 N–H and O–H groups in total. The minimum atomic E-state index is 0.122. The number of carbonyl (C=O) groups excluding carboxylic acids is 1. The van der Waals surface area contributed by atoms with Gasteiger partial charge in [-0.25, -0.2) is 0 Å². The van der Waals surface area contributed by atoms with E-state index in [0.29, 0.717) is 19.0 Å². The molecule has 0 radical (unpaired) electrons. The molecule has 1 rings (SSSR count). The first-order valence-corrected chi connectivity index (χ1v) is 7.24. The average molecular weight is 266 g/mol. The lowest BCUT2D eigenvalue weighted by molar-refractivity contribution is -0.120. The number of nitrogens with one attached hydrogen (secondary N) is 2. The predicted molar refractivity (Wildman–Crippen MR) is 78.1 cm³/mol. The minimum absolute atomic E-state index is 0.122. The van der Waals surface area contributed by atoms with Crippen LogP contribution in [0.3, 0.4) is 0 Å². The Labute approximate surface area is 114 Å². The van der Waals surface area contributed by atoms with Crippen LogP contribution >= 0.6 is 11.8 Å². The fourth-order valence-electron chi connectivity index (χ4n) is 1.35. The van der Waals surface area contributed by atoms with Gasteiger partial charge in [0.25, 0.3) is 0 Å². The third-order valence-corrected chi connectivity index (χ3v) is 3.73. The first-order valence-electron chi connectivity index (χ1n) is 6.25. The topological polar surface area (TPSA) is 41.1 Å². The van der Waals surface area contributed by atoms with Crippen LogP contribution in [0.2, 0.25) is 0 Å². The maximum absolute atomic E-state index is 11.6. The van der Waals surface area contributed by atoms with Gasteiger partial charge in [0.15, 0.2) is 0 Å². The molecule has 1 atom stereocenters. The van der Waals surface area contributed by atoms with Gasteiger partial charge >= 0.3 is 0 Å². The van der Waals surface area contributed by atoms with Gasteiger partial charge in [0.1, 0.15) is 0 Å². The van der Waals surface area contributed by atoms with E-state index >= 15 is 0 Å². The molecule has 0 aliphatic carbocycles. The molecule has 3 nitrogen and oxygen atoms in total. The fraction of sp³-hybridized carbons (Fsp3) is 0.500. The molecule has 0 spiro atoms. The number of thioether (sulfide) groups is 1. The SMILES string of the molecule is CNC(C)CNC(=O)CCSc1ccc(C)cc1. The highest BCUT2D eigenvalue weighted by molar-refractivity contribution is 7.99. The van der Waals surface area contributed by atoms with E-state index in [4.69, 9.17) is 0 Å². The molecule has 1 unspecified atom stereocenters. The van der Waals surface area contributed by atoms with Crippen molar-refractivity contribution in [2.45, 2.75) is 31.2 Å². The van der Waals surface area contributed by atoms with Crippen molar-refractivity contribution in [2.75, 3.05) is 19.3 Å². The lowest BCUT2D eigenvalue weighted by atomic mass is 10.2. The number of amides is 1. The Morgan fingerprint density at radius 3 is 2.61 bits per heavy atom. The van der Waals surface area contributed by atoms with Gasteiger partial charge in [-0.2, -0.15) is 0 Å². The van der Waals surface area contributed by atoms with Crippen molar-refractivity contribution >= 4 is 17.7 Å². The Morgan fingerprint density at radius 2 is 2.00 bits per heavy atom. The molecular formula is C14H22N2OS. The summed E-state index contributed by atoms with van der Waals surface area (Å²) >= 11 is 1.72. The molecule has 4 heteroatoms. The number of likely N-dealkylation sites (N-methyl/N-ethyl adjacent to an activating group) is 1. The second kappa shape index (κ2) is 8.16. The molecule has 0 saturated carbocycles. The summed E-state index contributed by atoms with van der Waals surface area (Å²) in [5, 5.41) is 6.00. The number of carbonyl (C=O) groups is 1. The minimum Gasteiger partial charge on any atom is -0.355 e. The number of benzene rings is 1. The third kappa shape index (κ3) is 6.07. The summed E-state index contributed by atoms with van der Waals surface area (Å²) in [6.07, 6.45) is 0.564. The van der Waals surface area contributed by atoms with Crippen LogP contribution in [0.4, 0.5) is 0 Å². The molecular weight excluding hydrogens is 244 g/mol. The zero-order valence-corrected chi connectivity index (χ0v) is 12.1. The smallest absolute Gasteiger partial charge is 0.220 e. The van der Waals surface area contributed by atoms with E-state index < -0.39 is 0 Å². The molecule has 0 aliphatic rings. The number of hydrogen-bond donors (Lipinski definition) is 2. The standard InChI is InChI=1S/C14H22N2OS/c1-11-4-6-13(7-5-11)18-9-8-14(17)16-10-12(2)15-3/h4-7,12,15H,8-10H2,1-3H3,(H,16,17). The van der Waals surface area contributed by atoms with E-state index in [9.17, 15) is 4.79 Å². The molecule has 1 amide bonds. The van der Waals surface area contributed by atoms with Crippen molar-refractivity contribution in [2.24, 2.45) is 0 Å². The quantitative estimate of drug-likeness (QED) is 0.743. The largest absolute Gasteiger partial charge is 0.355 e. The summed E-state index contributed by atoms with van der Waals surface area (Å²) in [6, 6.07) is 8.70. The summed E-state index contributed by atoms with van der Waals surface area (Å²) in [5.74, 6) is 0.944. The lowest BCUT2D eigenvalue weighted by Gasteiger charge is -2.11. The molecule has 0 fully saturated rings. The monoisotopic (exact) mass is 266 g/mol. The number of hydrogen-bond acceptors (Lipinski definition) is 3. The summed E-state index contributed by atoms with van der Waals surface area (Å²) in [5.41, 5.74) is 1.26. The van der Waals surface area contributed by atoms with Crippen LogP contribution in [0.25, 0.3) is 0 Å². The zero-order valence-electron chi connectivity index (χ0n) is 11.3. The van der Waals surface area contributed by atoms with Crippen LogP contribution < -0.4 is 10.6 Å². The van der Waals surface area contributed by atoms with E-state index in [2.05, 4.69) is 41.8 Å². The Hall–Kier alpha value is -1.00. The normalized spacial score (nSPS) is 12.2. The van der Waals surface area contributed by atoms with Crippen LogP contribution in [0.5, 0.6) is 0 Å². The molecule has 18 heavy (non-hydrogen) atoms. The highest BCUT2D eigenvalue weighted by atomic mass is 32.2. The van der Waals surface area contributed by atoms with Gasteiger partial charge in [0.05, 0.1) is 0 Å².